The highest BCUT2D eigenvalue weighted by Gasteiger charge is 1.90. The van der Waals surface area contributed by atoms with Crippen LogP contribution in [0.3, 0.4) is 0 Å². The van der Waals surface area contributed by atoms with Crippen LogP contribution < -0.4 is 0 Å². The summed E-state index contributed by atoms with van der Waals surface area (Å²) in [4.78, 5) is 4.69. The number of hydrogen-bond donors (Lipinski definition) is 0. The largest absolute Gasteiger partial charge is 0.399 e. The Morgan fingerprint density at radius 1 is 1.25 bits per heavy atom. The SMILES string of the molecule is CO/N=C(\C)CC/C=C/Cc1ccccc1. The van der Waals surface area contributed by atoms with Gasteiger partial charge in [-0.25, -0.2) is 0 Å². The minimum atomic E-state index is 0.957. The van der Waals surface area contributed by atoms with Crippen molar-refractivity contribution >= 4 is 5.71 Å². The molecule has 0 amide bonds. The average molecular weight is 217 g/mol. The summed E-state index contributed by atoms with van der Waals surface area (Å²) < 4.78 is 0. The van der Waals surface area contributed by atoms with E-state index in [0.29, 0.717) is 0 Å². The first kappa shape index (κ1) is 12.5. The molecule has 0 atom stereocenters. The molecule has 0 unspecified atom stereocenters. The molecule has 86 valence electrons. The van der Waals surface area contributed by atoms with Crippen LogP contribution in [0.5, 0.6) is 0 Å². The molecule has 0 saturated heterocycles. The van der Waals surface area contributed by atoms with Crippen LogP contribution in [0.4, 0.5) is 0 Å². The van der Waals surface area contributed by atoms with E-state index < -0.39 is 0 Å². The van der Waals surface area contributed by atoms with Crippen molar-refractivity contribution in [1.82, 2.24) is 0 Å². The third kappa shape index (κ3) is 5.35. The van der Waals surface area contributed by atoms with E-state index >= 15 is 0 Å². The number of rotatable bonds is 6. The molecule has 0 bridgehead atoms. The fraction of sp³-hybridized carbons (Fsp3) is 0.357. The predicted molar refractivity (Wildman–Crippen MR) is 68.6 cm³/mol. The lowest BCUT2D eigenvalue weighted by atomic mass is 10.1. The van der Waals surface area contributed by atoms with Crippen LogP contribution >= 0.6 is 0 Å². The van der Waals surface area contributed by atoms with Gasteiger partial charge in [-0.15, -0.1) is 0 Å². The van der Waals surface area contributed by atoms with Gasteiger partial charge in [-0.2, -0.15) is 0 Å². The zero-order chi connectivity index (χ0) is 11.6. The lowest BCUT2D eigenvalue weighted by Gasteiger charge is -1.96. The third-order valence-electron chi connectivity index (χ3n) is 2.28. The van der Waals surface area contributed by atoms with Crippen molar-refractivity contribution < 1.29 is 4.84 Å². The molecule has 0 radical (unpaired) electrons. The Morgan fingerprint density at radius 2 is 2.00 bits per heavy atom. The normalized spacial score (nSPS) is 12.0. The summed E-state index contributed by atoms with van der Waals surface area (Å²) in [6, 6.07) is 10.5. The van der Waals surface area contributed by atoms with Gasteiger partial charge in [-0.05, 0) is 31.7 Å². The first-order valence-electron chi connectivity index (χ1n) is 5.58. The van der Waals surface area contributed by atoms with Gasteiger partial charge in [0.1, 0.15) is 7.11 Å². The predicted octanol–water partition coefficient (Wildman–Crippen LogP) is 3.59. The molecule has 0 aliphatic heterocycles. The van der Waals surface area contributed by atoms with Gasteiger partial charge in [0.05, 0.1) is 5.71 Å². The summed E-state index contributed by atoms with van der Waals surface area (Å²) >= 11 is 0. The molecule has 0 N–H and O–H groups in total. The summed E-state index contributed by atoms with van der Waals surface area (Å²) in [5, 5.41) is 3.86. The maximum absolute atomic E-state index is 4.69. The molecule has 0 aromatic heterocycles. The topological polar surface area (TPSA) is 21.6 Å². The highest BCUT2D eigenvalue weighted by atomic mass is 16.6. The maximum Gasteiger partial charge on any atom is 0.106 e. The van der Waals surface area contributed by atoms with Crippen LogP contribution in [0, 0.1) is 0 Å². The molecule has 2 nitrogen and oxygen atoms in total. The van der Waals surface area contributed by atoms with Crippen molar-refractivity contribution in [1.29, 1.82) is 0 Å². The van der Waals surface area contributed by atoms with Gasteiger partial charge in [0.2, 0.25) is 0 Å². The van der Waals surface area contributed by atoms with Gasteiger partial charge in [0.15, 0.2) is 0 Å². The summed E-state index contributed by atoms with van der Waals surface area (Å²) in [6.45, 7) is 1.98. The maximum atomic E-state index is 4.69. The number of oxime groups is 1. The Labute approximate surface area is 97.6 Å². The highest BCUT2D eigenvalue weighted by Crippen LogP contribution is 2.01. The van der Waals surface area contributed by atoms with Crippen molar-refractivity contribution in [3.05, 3.63) is 48.0 Å². The Hall–Kier alpha value is -1.57. The lowest BCUT2D eigenvalue weighted by molar-refractivity contribution is 0.212. The number of nitrogens with zero attached hydrogens (tertiary/aromatic N) is 1. The van der Waals surface area contributed by atoms with E-state index in [1.807, 2.05) is 13.0 Å². The molecule has 0 aliphatic carbocycles. The second kappa shape index (κ2) is 7.69. The molecule has 2 heteroatoms. The molecule has 1 aromatic carbocycles. The Morgan fingerprint density at radius 3 is 2.69 bits per heavy atom. The molecule has 16 heavy (non-hydrogen) atoms. The van der Waals surface area contributed by atoms with Crippen LogP contribution in [0.25, 0.3) is 0 Å². The molecule has 1 rings (SSSR count). The average Bonchev–Trinajstić information content (AvgIpc) is 2.30. The standard InChI is InChI=1S/C14H19NO/c1-13(15-16-2)9-5-3-6-10-14-11-7-4-8-12-14/h3-4,6-8,11-12H,5,9-10H2,1-2H3/b6-3+,15-13+. The zero-order valence-corrected chi connectivity index (χ0v) is 10.0. The minimum absolute atomic E-state index is 0.957. The molecular formula is C14H19NO. The van der Waals surface area contributed by atoms with Gasteiger partial charge in [-0.1, -0.05) is 47.6 Å². The number of benzene rings is 1. The number of hydrogen-bond acceptors (Lipinski definition) is 2. The van der Waals surface area contributed by atoms with Crippen LogP contribution in [0.15, 0.2) is 47.6 Å². The summed E-state index contributed by atoms with van der Waals surface area (Å²) in [7, 11) is 1.58. The van der Waals surface area contributed by atoms with Gasteiger partial charge in [0, 0.05) is 0 Å². The van der Waals surface area contributed by atoms with E-state index in [4.69, 9.17) is 4.84 Å². The van der Waals surface area contributed by atoms with Crippen molar-refractivity contribution in [2.75, 3.05) is 7.11 Å². The molecule has 0 saturated carbocycles. The van der Waals surface area contributed by atoms with Gasteiger partial charge in [0.25, 0.3) is 0 Å². The van der Waals surface area contributed by atoms with E-state index in [0.717, 1.165) is 25.0 Å². The third-order valence-corrected chi connectivity index (χ3v) is 2.28. The molecule has 0 heterocycles. The van der Waals surface area contributed by atoms with Gasteiger partial charge >= 0.3 is 0 Å². The highest BCUT2D eigenvalue weighted by molar-refractivity contribution is 5.81. The van der Waals surface area contributed by atoms with E-state index in [1.54, 1.807) is 7.11 Å². The fourth-order valence-corrected chi connectivity index (χ4v) is 1.45. The zero-order valence-electron chi connectivity index (χ0n) is 10.0. The second-order valence-corrected chi connectivity index (χ2v) is 3.71. The van der Waals surface area contributed by atoms with Gasteiger partial charge < -0.3 is 4.84 Å². The van der Waals surface area contributed by atoms with Crippen molar-refractivity contribution in [2.45, 2.75) is 26.2 Å². The summed E-state index contributed by atoms with van der Waals surface area (Å²) in [5.74, 6) is 0. The Balaban J connectivity index is 2.21. The van der Waals surface area contributed by atoms with Crippen LogP contribution in [-0.4, -0.2) is 12.8 Å². The van der Waals surface area contributed by atoms with E-state index in [1.165, 1.54) is 5.56 Å². The van der Waals surface area contributed by atoms with Crippen LogP contribution in [0.1, 0.15) is 25.3 Å². The lowest BCUT2D eigenvalue weighted by Crippen LogP contribution is -1.90. The molecule has 0 fully saturated rings. The van der Waals surface area contributed by atoms with Crippen molar-refractivity contribution in [3.63, 3.8) is 0 Å². The van der Waals surface area contributed by atoms with Crippen molar-refractivity contribution in [3.8, 4) is 0 Å². The summed E-state index contributed by atoms with van der Waals surface area (Å²) in [6.07, 6.45) is 7.38. The molecule has 0 aliphatic rings. The fourth-order valence-electron chi connectivity index (χ4n) is 1.45. The molecule has 0 spiro atoms. The second-order valence-electron chi connectivity index (χ2n) is 3.71. The molecule has 1 aromatic rings. The van der Waals surface area contributed by atoms with E-state index in [9.17, 15) is 0 Å². The quantitative estimate of drug-likeness (QED) is 0.405. The first-order valence-corrected chi connectivity index (χ1v) is 5.58. The minimum Gasteiger partial charge on any atom is -0.399 e. The number of allylic oxidation sites excluding steroid dienone is 2. The van der Waals surface area contributed by atoms with Crippen LogP contribution in [-0.2, 0) is 11.3 Å². The Bertz CT molecular complexity index is 341. The van der Waals surface area contributed by atoms with E-state index in [-0.39, 0.29) is 0 Å². The van der Waals surface area contributed by atoms with Crippen molar-refractivity contribution in [2.24, 2.45) is 5.16 Å². The smallest absolute Gasteiger partial charge is 0.106 e. The van der Waals surface area contributed by atoms with E-state index in [2.05, 4.69) is 41.6 Å². The monoisotopic (exact) mass is 217 g/mol. The van der Waals surface area contributed by atoms with Crippen LogP contribution in [0.2, 0.25) is 0 Å². The summed E-state index contributed by atoms with van der Waals surface area (Å²) in [5.41, 5.74) is 2.38. The molecular weight excluding hydrogens is 198 g/mol. The Kier molecular flexibility index (Phi) is 6.00. The first-order chi connectivity index (χ1) is 7.83. The van der Waals surface area contributed by atoms with Gasteiger partial charge in [-0.3, -0.25) is 0 Å².